The molecule has 1 fully saturated rings. The van der Waals surface area contributed by atoms with Crippen molar-refractivity contribution < 1.29 is 14.3 Å². The Hall–Kier alpha value is -2.70. The molecule has 2 aromatic carbocycles. The molecule has 1 aliphatic rings. The molecule has 1 saturated heterocycles. The van der Waals surface area contributed by atoms with Crippen LogP contribution in [-0.4, -0.2) is 49.1 Å². The summed E-state index contributed by atoms with van der Waals surface area (Å²) in [6, 6.07) is 15.9. The van der Waals surface area contributed by atoms with Crippen molar-refractivity contribution in [1.29, 1.82) is 0 Å². The Morgan fingerprint density at radius 3 is 2.54 bits per heavy atom. The molecule has 0 unspecified atom stereocenters. The summed E-state index contributed by atoms with van der Waals surface area (Å²) in [7, 11) is 0. The third-order valence-electron chi connectivity index (χ3n) is 4.31. The topological polar surface area (TPSA) is 84.7 Å². The number of ether oxygens (including phenoxy) is 1. The van der Waals surface area contributed by atoms with Gasteiger partial charge >= 0.3 is 0 Å². The van der Waals surface area contributed by atoms with Gasteiger partial charge < -0.3 is 20.7 Å². The molecule has 6 nitrogen and oxygen atoms in total. The molecule has 2 amide bonds. The summed E-state index contributed by atoms with van der Waals surface area (Å²) in [5.74, 6) is -0.331. The molecule has 0 saturated carbocycles. The lowest BCUT2D eigenvalue weighted by Gasteiger charge is -2.27. The van der Waals surface area contributed by atoms with Gasteiger partial charge in [-0.05, 0) is 30.2 Å². The van der Waals surface area contributed by atoms with E-state index >= 15 is 0 Å². The van der Waals surface area contributed by atoms with Gasteiger partial charge in [-0.1, -0.05) is 36.4 Å². The van der Waals surface area contributed by atoms with Crippen LogP contribution >= 0.6 is 0 Å². The van der Waals surface area contributed by atoms with Crippen molar-refractivity contribution in [1.82, 2.24) is 4.90 Å². The zero-order valence-corrected chi connectivity index (χ0v) is 14.6. The number of carbonyl (C=O) groups excluding carboxylic acids is 2. The summed E-state index contributed by atoms with van der Waals surface area (Å²) < 4.78 is 5.27. The number of rotatable bonds is 5. The molecular formula is C20H23N3O3. The number of nitrogens with zero attached hydrogens (tertiary/aromatic N) is 1. The lowest BCUT2D eigenvalue weighted by Crippen LogP contribution is -2.40. The van der Waals surface area contributed by atoms with E-state index in [1.807, 2.05) is 30.3 Å². The summed E-state index contributed by atoms with van der Waals surface area (Å²) in [5.41, 5.74) is 8.13. The highest BCUT2D eigenvalue weighted by atomic mass is 16.5. The van der Waals surface area contributed by atoms with Crippen LogP contribution in [0.4, 0.5) is 5.69 Å². The molecular weight excluding hydrogens is 330 g/mol. The van der Waals surface area contributed by atoms with E-state index in [4.69, 9.17) is 10.5 Å². The number of nitrogens with two attached hydrogens (primary N) is 1. The van der Waals surface area contributed by atoms with Crippen LogP contribution in [0, 0.1) is 0 Å². The molecule has 3 rings (SSSR count). The molecule has 6 heteroatoms. The maximum atomic E-state index is 12.5. The second-order valence-electron chi connectivity index (χ2n) is 6.27. The standard InChI is InChI=1S/C20H23N3O3/c21-18(13-15-5-2-1-3-6-15)19(24)22-17-8-4-7-16(14-17)20(25)23-9-11-26-12-10-23/h1-8,14,18H,9-13,21H2,(H,22,24)/t18-/m0/s1. The molecule has 26 heavy (non-hydrogen) atoms. The fraction of sp³-hybridized carbons (Fsp3) is 0.300. The normalized spacial score (nSPS) is 15.3. The van der Waals surface area contributed by atoms with Crippen LogP contribution < -0.4 is 11.1 Å². The van der Waals surface area contributed by atoms with Crippen molar-refractivity contribution >= 4 is 17.5 Å². The van der Waals surface area contributed by atoms with Gasteiger partial charge in [-0.25, -0.2) is 0 Å². The smallest absolute Gasteiger partial charge is 0.254 e. The summed E-state index contributed by atoms with van der Waals surface area (Å²) in [6.45, 7) is 2.27. The minimum absolute atomic E-state index is 0.0574. The first kappa shape index (κ1) is 18.1. The Morgan fingerprint density at radius 1 is 1.08 bits per heavy atom. The molecule has 0 spiro atoms. The van der Waals surface area contributed by atoms with E-state index in [0.717, 1.165) is 5.56 Å². The van der Waals surface area contributed by atoms with Crippen molar-refractivity contribution in [3.63, 3.8) is 0 Å². The zero-order valence-electron chi connectivity index (χ0n) is 14.6. The minimum atomic E-state index is -0.656. The molecule has 0 aromatic heterocycles. The van der Waals surface area contributed by atoms with Gasteiger partial charge in [0.1, 0.15) is 0 Å². The van der Waals surface area contributed by atoms with E-state index in [1.54, 1.807) is 29.2 Å². The fourth-order valence-electron chi connectivity index (χ4n) is 2.87. The molecule has 1 atom stereocenters. The second-order valence-corrected chi connectivity index (χ2v) is 6.27. The van der Waals surface area contributed by atoms with E-state index in [2.05, 4.69) is 5.32 Å². The van der Waals surface area contributed by atoms with Crippen LogP contribution in [0.1, 0.15) is 15.9 Å². The number of hydrogen-bond donors (Lipinski definition) is 2. The van der Waals surface area contributed by atoms with Crippen molar-refractivity contribution in [2.24, 2.45) is 5.73 Å². The lowest BCUT2D eigenvalue weighted by atomic mass is 10.1. The van der Waals surface area contributed by atoms with Crippen LogP contribution in [0.5, 0.6) is 0 Å². The first-order valence-corrected chi connectivity index (χ1v) is 8.71. The van der Waals surface area contributed by atoms with Crippen molar-refractivity contribution in [2.75, 3.05) is 31.6 Å². The van der Waals surface area contributed by atoms with E-state index in [1.165, 1.54) is 0 Å². The monoisotopic (exact) mass is 353 g/mol. The molecule has 2 aromatic rings. The van der Waals surface area contributed by atoms with Gasteiger partial charge in [-0.2, -0.15) is 0 Å². The maximum absolute atomic E-state index is 12.5. The molecule has 1 aliphatic heterocycles. The van der Waals surface area contributed by atoms with Crippen LogP contribution in [0.25, 0.3) is 0 Å². The number of nitrogens with one attached hydrogen (secondary N) is 1. The van der Waals surface area contributed by atoms with E-state index in [0.29, 0.717) is 44.0 Å². The average molecular weight is 353 g/mol. The van der Waals surface area contributed by atoms with Crippen LogP contribution in [0.15, 0.2) is 54.6 Å². The number of morpholine rings is 1. The van der Waals surface area contributed by atoms with Gasteiger partial charge in [0.2, 0.25) is 5.91 Å². The van der Waals surface area contributed by atoms with Gasteiger partial charge in [-0.3, -0.25) is 9.59 Å². The van der Waals surface area contributed by atoms with Crippen molar-refractivity contribution in [3.8, 4) is 0 Å². The summed E-state index contributed by atoms with van der Waals surface area (Å²) in [5, 5.41) is 2.80. The van der Waals surface area contributed by atoms with Crippen molar-refractivity contribution in [2.45, 2.75) is 12.5 Å². The highest BCUT2D eigenvalue weighted by Gasteiger charge is 2.19. The number of anilines is 1. The Morgan fingerprint density at radius 2 is 1.81 bits per heavy atom. The van der Waals surface area contributed by atoms with Crippen LogP contribution in [0.3, 0.4) is 0 Å². The van der Waals surface area contributed by atoms with E-state index < -0.39 is 6.04 Å². The second kappa shape index (κ2) is 8.60. The highest BCUT2D eigenvalue weighted by molar-refractivity contribution is 5.98. The molecule has 3 N–H and O–H groups in total. The summed E-state index contributed by atoms with van der Waals surface area (Å²) >= 11 is 0. The van der Waals surface area contributed by atoms with Crippen molar-refractivity contribution in [3.05, 3.63) is 65.7 Å². The molecule has 136 valence electrons. The molecule has 0 aliphatic carbocycles. The Kier molecular flexibility index (Phi) is 5.99. The first-order valence-electron chi connectivity index (χ1n) is 8.71. The number of carbonyl (C=O) groups is 2. The first-order chi connectivity index (χ1) is 12.6. The number of benzene rings is 2. The third kappa shape index (κ3) is 4.68. The lowest BCUT2D eigenvalue weighted by molar-refractivity contribution is -0.117. The van der Waals surface area contributed by atoms with Crippen LogP contribution in [0.2, 0.25) is 0 Å². The highest BCUT2D eigenvalue weighted by Crippen LogP contribution is 2.14. The average Bonchev–Trinajstić information content (AvgIpc) is 2.69. The summed E-state index contributed by atoms with van der Waals surface area (Å²) in [6.07, 6.45) is 0.457. The Bertz CT molecular complexity index is 758. The van der Waals surface area contributed by atoms with Gasteiger partial charge in [0.15, 0.2) is 0 Å². The Labute approximate surface area is 152 Å². The molecule has 0 bridgehead atoms. The third-order valence-corrected chi connectivity index (χ3v) is 4.31. The predicted molar refractivity (Wildman–Crippen MR) is 99.9 cm³/mol. The van der Waals surface area contributed by atoms with Gasteiger partial charge in [0, 0.05) is 24.3 Å². The maximum Gasteiger partial charge on any atom is 0.254 e. The van der Waals surface area contributed by atoms with E-state index in [-0.39, 0.29) is 11.8 Å². The minimum Gasteiger partial charge on any atom is -0.378 e. The SMILES string of the molecule is N[C@@H](Cc1ccccc1)C(=O)Nc1cccc(C(=O)N2CCOCC2)c1. The molecule has 0 radical (unpaired) electrons. The largest absolute Gasteiger partial charge is 0.378 e. The fourth-order valence-corrected chi connectivity index (χ4v) is 2.87. The Balaban J connectivity index is 1.62. The van der Waals surface area contributed by atoms with Gasteiger partial charge in [0.25, 0.3) is 5.91 Å². The predicted octanol–water partition coefficient (Wildman–Crippen LogP) is 1.67. The summed E-state index contributed by atoms with van der Waals surface area (Å²) in [4.78, 5) is 26.7. The molecule has 1 heterocycles. The number of amides is 2. The van der Waals surface area contributed by atoms with E-state index in [9.17, 15) is 9.59 Å². The zero-order chi connectivity index (χ0) is 18.4. The van der Waals surface area contributed by atoms with Gasteiger partial charge in [-0.15, -0.1) is 0 Å². The van der Waals surface area contributed by atoms with Gasteiger partial charge in [0.05, 0.1) is 19.3 Å². The quantitative estimate of drug-likeness (QED) is 0.856. The van der Waals surface area contributed by atoms with Crippen LogP contribution in [-0.2, 0) is 16.0 Å². The number of hydrogen-bond acceptors (Lipinski definition) is 4.